The number of nitrogens with zero attached hydrogens (tertiary/aromatic N) is 2. The highest BCUT2D eigenvalue weighted by Crippen LogP contribution is 2.24. The van der Waals surface area contributed by atoms with Crippen LogP contribution < -0.4 is 5.32 Å². The summed E-state index contributed by atoms with van der Waals surface area (Å²) in [6.07, 6.45) is 2.01. The number of carbonyl (C=O) groups excluding carboxylic acids is 2. The van der Waals surface area contributed by atoms with E-state index in [-0.39, 0.29) is 24.4 Å². The average Bonchev–Trinajstić information content (AvgIpc) is 3.11. The van der Waals surface area contributed by atoms with Crippen LogP contribution in [-0.4, -0.2) is 59.0 Å². The highest BCUT2D eigenvalue weighted by atomic mass is 16.4. The molecule has 1 aromatic carbocycles. The molecule has 3 amide bonds. The molecular weight excluding hydrogens is 334 g/mol. The third kappa shape index (κ3) is 4.15. The second-order valence-electron chi connectivity index (χ2n) is 7.19. The van der Waals surface area contributed by atoms with Gasteiger partial charge in [0.25, 0.3) is 0 Å². The number of hydrogen-bond donors (Lipinski definition) is 2. The number of carboxylic acid groups (broad SMARTS) is 1. The zero-order chi connectivity index (χ0) is 18.7. The highest BCUT2D eigenvalue weighted by molar-refractivity contribution is 5.90. The molecule has 0 radical (unpaired) electrons. The van der Waals surface area contributed by atoms with Crippen LogP contribution in [0.4, 0.5) is 10.5 Å². The fraction of sp³-hybridized carbons (Fsp3) is 0.526. The summed E-state index contributed by atoms with van der Waals surface area (Å²) in [4.78, 5) is 39.6. The predicted octanol–water partition coefficient (Wildman–Crippen LogP) is 2.17. The summed E-state index contributed by atoms with van der Waals surface area (Å²) < 4.78 is 0. The normalized spacial score (nSPS) is 23.0. The summed E-state index contributed by atoms with van der Waals surface area (Å²) in [6, 6.07) is 7.40. The van der Waals surface area contributed by atoms with Crippen molar-refractivity contribution in [3.63, 3.8) is 0 Å². The van der Waals surface area contributed by atoms with E-state index in [0.29, 0.717) is 26.1 Å². The maximum Gasteiger partial charge on any atom is 0.321 e. The molecule has 2 saturated heterocycles. The zero-order valence-electron chi connectivity index (χ0n) is 15.0. The summed E-state index contributed by atoms with van der Waals surface area (Å²) in [7, 11) is 0. The Balaban J connectivity index is 1.57. The first-order valence-corrected chi connectivity index (χ1v) is 9.08. The SMILES string of the molecule is Cc1cccc(NC(=O)N2CCCC(C(=O)N3CCC(C(=O)O)C3)C2)c1. The lowest BCUT2D eigenvalue weighted by Gasteiger charge is -2.34. The number of carbonyl (C=O) groups is 3. The number of hydrogen-bond acceptors (Lipinski definition) is 3. The quantitative estimate of drug-likeness (QED) is 0.865. The van der Waals surface area contributed by atoms with Gasteiger partial charge in [0.05, 0.1) is 11.8 Å². The number of benzene rings is 1. The molecule has 2 fully saturated rings. The van der Waals surface area contributed by atoms with Gasteiger partial charge in [-0.1, -0.05) is 12.1 Å². The van der Waals surface area contributed by atoms with Crippen molar-refractivity contribution >= 4 is 23.6 Å². The molecule has 2 aliphatic heterocycles. The number of nitrogens with one attached hydrogen (secondary N) is 1. The number of amides is 3. The highest BCUT2D eigenvalue weighted by Gasteiger charge is 2.36. The van der Waals surface area contributed by atoms with Gasteiger partial charge >= 0.3 is 12.0 Å². The van der Waals surface area contributed by atoms with Crippen molar-refractivity contribution in [3.8, 4) is 0 Å². The molecule has 2 aliphatic rings. The molecule has 2 atom stereocenters. The Hall–Kier alpha value is -2.57. The largest absolute Gasteiger partial charge is 0.481 e. The van der Waals surface area contributed by atoms with Gasteiger partial charge in [-0.15, -0.1) is 0 Å². The van der Waals surface area contributed by atoms with Gasteiger partial charge in [0.1, 0.15) is 0 Å². The lowest BCUT2D eigenvalue weighted by Crippen LogP contribution is -2.47. The van der Waals surface area contributed by atoms with E-state index in [1.54, 1.807) is 9.80 Å². The minimum atomic E-state index is -0.844. The summed E-state index contributed by atoms with van der Waals surface area (Å²) in [6.45, 7) is 3.73. The molecule has 0 aliphatic carbocycles. The van der Waals surface area contributed by atoms with Gasteiger partial charge in [-0.3, -0.25) is 9.59 Å². The van der Waals surface area contributed by atoms with E-state index in [2.05, 4.69) is 5.32 Å². The van der Waals surface area contributed by atoms with Crippen molar-refractivity contribution < 1.29 is 19.5 Å². The van der Waals surface area contributed by atoms with E-state index in [1.165, 1.54) is 0 Å². The molecule has 0 bridgehead atoms. The van der Waals surface area contributed by atoms with Crippen LogP contribution in [-0.2, 0) is 9.59 Å². The van der Waals surface area contributed by atoms with Gasteiger partial charge < -0.3 is 20.2 Å². The van der Waals surface area contributed by atoms with Crippen molar-refractivity contribution in [2.24, 2.45) is 11.8 Å². The van der Waals surface area contributed by atoms with Crippen LogP contribution >= 0.6 is 0 Å². The van der Waals surface area contributed by atoms with Crippen molar-refractivity contribution in [1.29, 1.82) is 0 Å². The van der Waals surface area contributed by atoms with Crippen molar-refractivity contribution in [1.82, 2.24) is 9.80 Å². The molecule has 2 heterocycles. The zero-order valence-corrected chi connectivity index (χ0v) is 15.0. The molecule has 2 unspecified atom stereocenters. The van der Waals surface area contributed by atoms with Gasteiger partial charge in [-0.2, -0.15) is 0 Å². The number of carboxylic acids is 1. The van der Waals surface area contributed by atoms with Crippen LogP contribution in [0.25, 0.3) is 0 Å². The molecule has 0 aromatic heterocycles. The maximum absolute atomic E-state index is 12.7. The molecule has 7 nitrogen and oxygen atoms in total. The van der Waals surface area contributed by atoms with Crippen LogP contribution in [0.15, 0.2) is 24.3 Å². The number of likely N-dealkylation sites (tertiary alicyclic amines) is 2. The fourth-order valence-corrected chi connectivity index (χ4v) is 3.71. The average molecular weight is 359 g/mol. The third-order valence-electron chi connectivity index (χ3n) is 5.18. The molecule has 2 N–H and O–H groups in total. The van der Waals surface area contributed by atoms with Gasteiger partial charge in [0.15, 0.2) is 0 Å². The number of rotatable bonds is 3. The Morgan fingerprint density at radius 3 is 2.54 bits per heavy atom. The molecule has 3 rings (SSSR count). The minimum Gasteiger partial charge on any atom is -0.481 e. The van der Waals surface area contributed by atoms with Crippen molar-refractivity contribution in [2.45, 2.75) is 26.2 Å². The lowest BCUT2D eigenvalue weighted by atomic mass is 9.97. The number of aliphatic carboxylic acids is 1. The van der Waals surface area contributed by atoms with E-state index < -0.39 is 11.9 Å². The van der Waals surface area contributed by atoms with Crippen LogP contribution in [0.3, 0.4) is 0 Å². The number of anilines is 1. The lowest BCUT2D eigenvalue weighted by molar-refractivity contribution is -0.141. The van der Waals surface area contributed by atoms with E-state index >= 15 is 0 Å². The first-order chi connectivity index (χ1) is 12.4. The Bertz CT molecular complexity index is 706. The second kappa shape index (κ2) is 7.76. The summed E-state index contributed by atoms with van der Waals surface area (Å²) in [5.41, 5.74) is 1.81. The van der Waals surface area contributed by atoms with Crippen molar-refractivity contribution in [2.75, 3.05) is 31.5 Å². The predicted molar refractivity (Wildman–Crippen MR) is 96.8 cm³/mol. The van der Waals surface area contributed by atoms with E-state index in [4.69, 9.17) is 5.11 Å². The number of piperidine rings is 1. The molecule has 7 heteroatoms. The molecule has 1 aromatic rings. The third-order valence-corrected chi connectivity index (χ3v) is 5.18. The van der Waals surface area contributed by atoms with Crippen LogP contribution in [0.1, 0.15) is 24.8 Å². The van der Waals surface area contributed by atoms with Gasteiger partial charge in [-0.05, 0) is 43.9 Å². The molecule has 140 valence electrons. The number of aryl methyl sites for hydroxylation is 1. The molecule has 26 heavy (non-hydrogen) atoms. The monoisotopic (exact) mass is 359 g/mol. The Labute approximate surface area is 153 Å². The van der Waals surface area contributed by atoms with E-state index in [1.807, 2.05) is 31.2 Å². The summed E-state index contributed by atoms with van der Waals surface area (Å²) in [5, 5.41) is 12.0. The first-order valence-electron chi connectivity index (χ1n) is 9.08. The summed E-state index contributed by atoms with van der Waals surface area (Å²) >= 11 is 0. The standard InChI is InChI=1S/C19H25N3O4/c1-13-4-2-6-16(10-13)20-19(26)22-8-3-5-14(11-22)17(23)21-9-7-15(12-21)18(24)25/h2,4,6,10,14-15H,3,5,7-9,11-12H2,1H3,(H,20,26)(H,24,25). The Morgan fingerprint density at radius 2 is 1.85 bits per heavy atom. The molecule has 0 spiro atoms. The van der Waals surface area contributed by atoms with Gasteiger partial charge in [0.2, 0.25) is 5.91 Å². The topological polar surface area (TPSA) is 90.0 Å². The Kier molecular flexibility index (Phi) is 5.44. The molecule has 0 saturated carbocycles. The fourth-order valence-electron chi connectivity index (χ4n) is 3.71. The smallest absolute Gasteiger partial charge is 0.321 e. The maximum atomic E-state index is 12.7. The van der Waals surface area contributed by atoms with Crippen LogP contribution in [0.5, 0.6) is 0 Å². The second-order valence-corrected chi connectivity index (χ2v) is 7.19. The van der Waals surface area contributed by atoms with Crippen LogP contribution in [0, 0.1) is 18.8 Å². The van der Waals surface area contributed by atoms with E-state index in [0.717, 1.165) is 24.1 Å². The number of urea groups is 1. The van der Waals surface area contributed by atoms with E-state index in [9.17, 15) is 14.4 Å². The van der Waals surface area contributed by atoms with Gasteiger partial charge in [0, 0.05) is 31.9 Å². The molecular formula is C19H25N3O4. The Morgan fingerprint density at radius 1 is 1.08 bits per heavy atom. The summed E-state index contributed by atoms with van der Waals surface area (Å²) in [5.74, 6) is -1.59. The van der Waals surface area contributed by atoms with Crippen molar-refractivity contribution in [3.05, 3.63) is 29.8 Å². The van der Waals surface area contributed by atoms with Crippen LogP contribution in [0.2, 0.25) is 0 Å². The first kappa shape index (κ1) is 18.2. The van der Waals surface area contributed by atoms with Gasteiger partial charge in [-0.25, -0.2) is 4.79 Å². The minimum absolute atomic E-state index is 0.0261.